The van der Waals surface area contributed by atoms with Crippen molar-refractivity contribution in [1.29, 1.82) is 0 Å². The minimum absolute atomic E-state index is 0.339. The summed E-state index contributed by atoms with van der Waals surface area (Å²) >= 11 is 0. The van der Waals surface area contributed by atoms with Gasteiger partial charge in [-0.15, -0.1) is 0 Å². The van der Waals surface area contributed by atoms with E-state index in [4.69, 9.17) is 9.47 Å². The van der Waals surface area contributed by atoms with Crippen molar-refractivity contribution in [1.82, 2.24) is 5.32 Å². The lowest BCUT2D eigenvalue weighted by Gasteiger charge is -2.17. The van der Waals surface area contributed by atoms with Crippen LogP contribution in [0.2, 0.25) is 0 Å². The molecule has 1 N–H and O–H groups in total. The van der Waals surface area contributed by atoms with Crippen LogP contribution in [0.1, 0.15) is 37.9 Å². The fourth-order valence-electron chi connectivity index (χ4n) is 2.44. The summed E-state index contributed by atoms with van der Waals surface area (Å²) in [5.74, 6) is -0.641. The number of halogens is 1. The predicted octanol–water partition coefficient (Wildman–Crippen LogP) is 4.05. The molecule has 0 bridgehead atoms. The van der Waals surface area contributed by atoms with E-state index in [1.165, 1.54) is 25.1 Å². The van der Waals surface area contributed by atoms with Crippen LogP contribution >= 0.6 is 0 Å². The second-order valence-corrected chi connectivity index (χ2v) is 6.20. The van der Waals surface area contributed by atoms with Crippen LogP contribution in [-0.2, 0) is 14.3 Å². The Hall–Kier alpha value is -3.15. The largest absolute Gasteiger partial charge is 0.494 e. The number of esters is 1. The van der Waals surface area contributed by atoms with Crippen molar-refractivity contribution in [3.63, 3.8) is 0 Å². The maximum Gasteiger partial charge on any atom is 0.331 e. The maximum atomic E-state index is 13.0. The van der Waals surface area contributed by atoms with Crippen LogP contribution in [0, 0.1) is 5.82 Å². The van der Waals surface area contributed by atoms with Crippen molar-refractivity contribution in [3.8, 4) is 5.75 Å². The molecule has 0 saturated heterocycles. The number of benzene rings is 2. The van der Waals surface area contributed by atoms with E-state index in [0.717, 1.165) is 16.9 Å². The van der Waals surface area contributed by atoms with E-state index in [9.17, 15) is 14.0 Å². The zero-order valence-electron chi connectivity index (χ0n) is 16.1. The SMILES string of the molecule is CCOc1ccc(/C=C/C(=O)OC(C)C(=O)NC(C)c2ccc(F)cc2)cc1. The molecule has 2 atom stereocenters. The third-order valence-electron chi connectivity index (χ3n) is 3.99. The van der Waals surface area contributed by atoms with Crippen molar-refractivity contribution < 1.29 is 23.5 Å². The highest BCUT2D eigenvalue weighted by atomic mass is 19.1. The third-order valence-corrected chi connectivity index (χ3v) is 3.99. The molecule has 0 aliphatic heterocycles. The van der Waals surface area contributed by atoms with Gasteiger partial charge in [0.05, 0.1) is 12.6 Å². The molecule has 0 saturated carbocycles. The molecule has 0 radical (unpaired) electrons. The van der Waals surface area contributed by atoms with Crippen LogP contribution in [0.25, 0.3) is 6.08 Å². The van der Waals surface area contributed by atoms with Crippen LogP contribution in [0.4, 0.5) is 4.39 Å². The molecular weight excluding hydrogens is 361 g/mol. The average molecular weight is 385 g/mol. The zero-order chi connectivity index (χ0) is 20.5. The van der Waals surface area contributed by atoms with E-state index < -0.39 is 18.0 Å². The first-order chi connectivity index (χ1) is 13.4. The van der Waals surface area contributed by atoms with Gasteiger partial charge in [-0.05, 0) is 62.2 Å². The number of carbonyl (C=O) groups excluding carboxylic acids is 2. The molecule has 0 aliphatic carbocycles. The molecule has 5 nitrogen and oxygen atoms in total. The van der Waals surface area contributed by atoms with Crippen LogP contribution in [0.3, 0.4) is 0 Å². The number of ether oxygens (including phenoxy) is 2. The van der Waals surface area contributed by atoms with Crippen LogP contribution < -0.4 is 10.1 Å². The summed E-state index contributed by atoms with van der Waals surface area (Å²) in [6.07, 6.45) is 1.91. The summed E-state index contributed by atoms with van der Waals surface area (Å²) in [5.41, 5.74) is 1.56. The Morgan fingerprint density at radius 1 is 1.07 bits per heavy atom. The van der Waals surface area contributed by atoms with E-state index in [1.54, 1.807) is 37.3 Å². The first-order valence-electron chi connectivity index (χ1n) is 9.06. The Kier molecular flexibility index (Phi) is 7.75. The minimum Gasteiger partial charge on any atom is -0.494 e. The Morgan fingerprint density at radius 3 is 2.32 bits per heavy atom. The summed E-state index contributed by atoms with van der Waals surface area (Å²) in [5, 5.41) is 2.74. The van der Waals surface area contributed by atoms with Crippen LogP contribution in [0.15, 0.2) is 54.6 Å². The molecule has 6 heteroatoms. The van der Waals surface area contributed by atoms with E-state index >= 15 is 0 Å². The van der Waals surface area contributed by atoms with E-state index in [0.29, 0.717) is 6.61 Å². The van der Waals surface area contributed by atoms with Crippen molar-refractivity contribution in [2.75, 3.05) is 6.61 Å². The number of amides is 1. The van der Waals surface area contributed by atoms with Gasteiger partial charge in [-0.1, -0.05) is 24.3 Å². The molecule has 2 aromatic rings. The standard InChI is InChI=1S/C22H24FNO4/c1-4-27-20-12-5-17(6-13-20)7-14-21(25)28-16(3)22(26)24-15(2)18-8-10-19(23)11-9-18/h5-16H,4H2,1-3H3,(H,24,26)/b14-7+. The molecule has 0 aromatic heterocycles. The molecular formula is C22H24FNO4. The molecule has 0 aliphatic rings. The molecule has 1 amide bonds. The zero-order valence-corrected chi connectivity index (χ0v) is 16.1. The minimum atomic E-state index is -0.958. The van der Waals surface area contributed by atoms with E-state index in [1.807, 2.05) is 19.1 Å². The maximum absolute atomic E-state index is 13.0. The number of hydrogen-bond donors (Lipinski definition) is 1. The Labute approximate surface area is 164 Å². The first kappa shape index (κ1) is 21.2. The van der Waals surface area contributed by atoms with Gasteiger partial charge in [-0.3, -0.25) is 4.79 Å². The summed E-state index contributed by atoms with van der Waals surface area (Å²) in [6.45, 7) is 5.75. The Bertz CT molecular complexity index is 815. The second kappa shape index (κ2) is 10.3. The van der Waals surface area contributed by atoms with Crippen molar-refractivity contribution in [2.24, 2.45) is 0 Å². The molecule has 0 spiro atoms. The van der Waals surface area contributed by atoms with Gasteiger partial charge in [0.25, 0.3) is 5.91 Å². The average Bonchev–Trinajstić information content (AvgIpc) is 2.68. The van der Waals surface area contributed by atoms with Crippen molar-refractivity contribution >= 4 is 18.0 Å². The monoisotopic (exact) mass is 385 g/mol. The van der Waals surface area contributed by atoms with Gasteiger partial charge < -0.3 is 14.8 Å². The van der Waals surface area contributed by atoms with Gasteiger partial charge >= 0.3 is 5.97 Å². The van der Waals surface area contributed by atoms with Gasteiger partial charge in [0, 0.05) is 6.08 Å². The van der Waals surface area contributed by atoms with Crippen LogP contribution in [-0.4, -0.2) is 24.6 Å². The van der Waals surface area contributed by atoms with Gasteiger partial charge in [-0.2, -0.15) is 0 Å². The van der Waals surface area contributed by atoms with Crippen molar-refractivity contribution in [3.05, 3.63) is 71.6 Å². The second-order valence-electron chi connectivity index (χ2n) is 6.20. The number of hydrogen-bond acceptors (Lipinski definition) is 4. The lowest BCUT2D eigenvalue weighted by atomic mass is 10.1. The lowest BCUT2D eigenvalue weighted by Crippen LogP contribution is -2.37. The molecule has 0 fully saturated rings. The Balaban J connectivity index is 1.84. The molecule has 2 unspecified atom stereocenters. The molecule has 2 rings (SSSR count). The fraction of sp³-hybridized carbons (Fsp3) is 0.273. The lowest BCUT2D eigenvalue weighted by molar-refractivity contribution is -0.150. The highest BCUT2D eigenvalue weighted by molar-refractivity contribution is 5.90. The Morgan fingerprint density at radius 2 is 1.71 bits per heavy atom. The summed E-state index contributed by atoms with van der Waals surface area (Å²) in [6, 6.07) is 12.7. The van der Waals surface area contributed by atoms with Gasteiger partial charge in [-0.25, -0.2) is 9.18 Å². The van der Waals surface area contributed by atoms with Gasteiger partial charge in [0.1, 0.15) is 11.6 Å². The smallest absolute Gasteiger partial charge is 0.331 e. The normalized spacial score (nSPS) is 13.0. The highest BCUT2D eigenvalue weighted by Gasteiger charge is 2.19. The summed E-state index contributed by atoms with van der Waals surface area (Å²) in [7, 11) is 0. The molecule has 0 heterocycles. The summed E-state index contributed by atoms with van der Waals surface area (Å²) < 4.78 is 23.5. The number of nitrogens with one attached hydrogen (secondary N) is 1. The number of carbonyl (C=O) groups is 2. The number of rotatable bonds is 8. The van der Waals surface area contributed by atoms with Gasteiger partial charge in [0.15, 0.2) is 6.10 Å². The highest BCUT2D eigenvalue weighted by Crippen LogP contribution is 2.14. The molecule has 2 aromatic carbocycles. The topological polar surface area (TPSA) is 64.6 Å². The quantitative estimate of drug-likeness (QED) is 0.550. The molecule has 148 valence electrons. The third kappa shape index (κ3) is 6.54. The van der Waals surface area contributed by atoms with Gasteiger partial charge in [0.2, 0.25) is 0 Å². The van der Waals surface area contributed by atoms with E-state index in [2.05, 4.69) is 5.32 Å². The van der Waals surface area contributed by atoms with E-state index in [-0.39, 0.29) is 11.9 Å². The first-order valence-corrected chi connectivity index (χ1v) is 9.06. The molecule has 28 heavy (non-hydrogen) atoms. The predicted molar refractivity (Wildman–Crippen MR) is 105 cm³/mol. The fourth-order valence-corrected chi connectivity index (χ4v) is 2.44. The van der Waals surface area contributed by atoms with Crippen molar-refractivity contribution in [2.45, 2.75) is 32.9 Å². The summed E-state index contributed by atoms with van der Waals surface area (Å²) in [4.78, 5) is 24.1. The van der Waals surface area contributed by atoms with Crippen LogP contribution in [0.5, 0.6) is 5.75 Å².